The van der Waals surface area contributed by atoms with Gasteiger partial charge in [0.05, 0.1) is 25.5 Å². The minimum Gasteiger partial charge on any atom is -0.490 e. The summed E-state index contributed by atoms with van der Waals surface area (Å²) in [6.07, 6.45) is 6.26. The summed E-state index contributed by atoms with van der Waals surface area (Å²) in [6, 6.07) is 2.09. The van der Waals surface area contributed by atoms with Crippen LogP contribution in [0.2, 0.25) is 0 Å². The lowest BCUT2D eigenvalue weighted by molar-refractivity contribution is -0.143. The zero-order chi connectivity index (χ0) is 21.3. The van der Waals surface area contributed by atoms with Crippen LogP contribution in [0.25, 0.3) is 0 Å². The van der Waals surface area contributed by atoms with Crippen LogP contribution in [0.5, 0.6) is 5.75 Å². The maximum Gasteiger partial charge on any atom is 0.228 e. The monoisotopic (exact) mass is 410 g/mol. The number of aromatic nitrogens is 3. The molecule has 0 bridgehead atoms. The number of nitriles is 1. The van der Waals surface area contributed by atoms with Crippen LogP contribution in [0.1, 0.15) is 31.4 Å². The van der Waals surface area contributed by atoms with Crippen LogP contribution in [0, 0.1) is 28.5 Å². The molecule has 0 saturated carbocycles. The number of pyridine rings is 1. The third kappa shape index (κ3) is 3.65. The molecule has 2 aromatic rings. The molecule has 0 spiro atoms. The average Bonchev–Trinajstić information content (AvgIpc) is 3.15. The molecule has 1 fully saturated rings. The minimum absolute atomic E-state index is 0.0354. The van der Waals surface area contributed by atoms with Crippen molar-refractivity contribution in [2.75, 3.05) is 31.1 Å². The van der Waals surface area contributed by atoms with Gasteiger partial charge in [-0.2, -0.15) is 5.26 Å². The second-order valence-electron chi connectivity index (χ2n) is 8.22. The van der Waals surface area contributed by atoms with E-state index in [0.29, 0.717) is 50.0 Å². The van der Waals surface area contributed by atoms with Gasteiger partial charge in [0.2, 0.25) is 11.9 Å². The van der Waals surface area contributed by atoms with Crippen molar-refractivity contribution in [3.8, 4) is 11.8 Å². The van der Waals surface area contributed by atoms with Gasteiger partial charge in [0.25, 0.3) is 0 Å². The molecule has 9 heteroatoms. The molecule has 1 amide bonds. The molecule has 0 aromatic carbocycles. The van der Waals surface area contributed by atoms with Crippen molar-refractivity contribution >= 4 is 11.9 Å². The van der Waals surface area contributed by atoms with Crippen molar-refractivity contribution < 1.29 is 13.9 Å². The number of carbonyl (C=O) groups is 1. The van der Waals surface area contributed by atoms with Gasteiger partial charge in [0.15, 0.2) is 5.82 Å². The highest BCUT2D eigenvalue weighted by Gasteiger charge is 2.43. The fraction of sp³-hybridized carbons (Fsp3) is 0.476. The first-order chi connectivity index (χ1) is 14.4. The Kier molecular flexibility index (Phi) is 5.24. The van der Waals surface area contributed by atoms with Gasteiger partial charge in [-0.1, -0.05) is 13.8 Å². The van der Waals surface area contributed by atoms with Crippen molar-refractivity contribution in [2.24, 2.45) is 11.3 Å². The summed E-state index contributed by atoms with van der Waals surface area (Å²) in [6.45, 7) is 6.40. The van der Waals surface area contributed by atoms with Gasteiger partial charge in [-0.15, -0.1) is 0 Å². The van der Waals surface area contributed by atoms with Gasteiger partial charge in [0.1, 0.15) is 24.0 Å². The molecular formula is C21H23FN6O2. The lowest BCUT2D eigenvalue weighted by atomic mass is 9.77. The van der Waals surface area contributed by atoms with E-state index in [0.717, 1.165) is 24.4 Å². The van der Waals surface area contributed by atoms with E-state index in [1.807, 2.05) is 18.7 Å². The molecule has 0 aliphatic carbocycles. The van der Waals surface area contributed by atoms with E-state index < -0.39 is 11.2 Å². The molecule has 156 valence electrons. The Morgan fingerprint density at radius 3 is 2.77 bits per heavy atom. The topological polar surface area (TPSA) is 95.2 Å². The zero-order valence-electron chi connectivity index (χ0n) is 17.0. The van der Waals surface area contributed by atoms with Crippen molar-refractivity contribution in [1.29, 1.82) is 5.26 Å². The summed E-state index contributed by atoms with van der Waals surface area (Å²) in [5.41, 5.74) is 0.509. The first-order valence-corrected chi connectivity index (χ1v) is 9.92. The molecule has 0 radical (unpaired) electrons. The van der Waals surface area contributed by atoms with Gasteiger partial charge < -0.3 is 14.5 Å². The van der Waals surface area contributed by atoms with Gasteiger partial charge in [0, 0.05) is 36.5 Å². The number of anilines is 1. The molecule has 1 saturated heterocycles. The summed E-state index contributed by atoms with van der Waals surface area (Å²) < 4.78 is 18.9. The van der Waals surface area contributed by atoms with Gasteiger partial charge in [-0.3, -0.25) is 9.78 Å². The summed E-state index contributed by atoms with van der Waals surface area (Å²) in [5, 5.41) is 9.28. The summed E-state index contributed by atoms with van der Waals surface area (Å²) in [7, 11) is 0. The Hall–Kier alpha value is -3.28. The number of carbonyl (C=O) groups excluding carboxylic acids is 1. The predicted octanol–water partition coefficient (Wildman–Crippen LogP) is 2.16. The van der Waals surface area contributed by atoms with E-state index >= 15 is 0 Å². The molecule has 4 heterocycles. The van der Waals surface area contributed by atoms with E-state index in [1.165, 1.54) is 6.20 Å². The first-order valence-electron chi connectivity index (χ1n) is 9.92. The lowest BCUT2D eigenvalue weighted by Gasteiger charge is -2.35. The summed E-state index contributed by atoms with van der Waals surface area (Å²) >= 11 is 0. The fourth-order valence-electron chi connectivity index (χ4n) is 4.15. The van der Waals surface area contributed by atoms with E-state index in [-0.39, 0.29) is 11.8 Å². The summed E-state index contributed by atoms with van der Waals surface area (Å²) in [5.74, 6) is 0.664. The number of ether oxygens (including phenoxy) is 1. The van der Waals surface area contributed by atoms with Crippen LogP contribution < -0.4 is 9.64 Å². The number of halogens is 1. The molecule has 2 aromatic heterocycles. The van der Waals surface area contributed by atoms with E-state index in [2.05, 4.69) is 21.0 Å². The summed E-state index contributed by atoms with van der Waals surface area (Å²) in [4.78, 5) is 29.5. The highest BCUT2D eigenvalue weighted by molar-refractivity contribution is 5.82. The Morgan fingerprint density at radius 2 is 2.03 bits per heavy atom. The van der Waals surface area contributed by atoms with Crippen molar-refractivity contribution in [1.82, 2.24) is 19.9 Å². The van der Waals surface area contributed by atoms with E-state index in [9.17, 15) is 14.4 Å². The van der Waals surface area contributed by atoms with Crippen molar-refractivity contribution in [3.05, 3.63) is 41.7 Å². The van der Waals surface area contributed by atoms with E-state index in [1.54, 1.807) is 11.1 Å². The van der Waals surface area contributed by atoms with Crippen LogP contribution in [0.15, 0.2) is 24.8 Å². The molecule has 2 aliphatic rings. The van der Waals surface area contributed by atoms with Gasteiger partial charge >= 0.3 is 0 Å². The van der Waals surface area contributed by atoms with Gasteiger partial charge in [-0.05, 0) is 12.3 Å². The van der Waals surface area contributed by atoms with Crippen LogP contribution in [0.4, 0.5) is 10.3 Å². The Labute approximate surface area is 174 Å². The molecule has 4 rings (SSSR count). The molecular weight excluding hydrogens is 387 g/mol. The Balaban J connectivity index is 1.49. The maximum atomic E-state index is 13.5. The van der Waals surface area contributed by atoms with E-state index in [4.69, 9.17) is 4.74 Å². The van der Waals surface area contributed by atoms with Crippen LogP contribution in [0.3, 0.4) is 0 Å². The number of hydrogen-bond donors (Lipinski definition) is 0. The highest BCUT2D eigenvalue weighted by Crippen LogP contribution is 2.38. The molecule has 1 unspecified atom stereocenters. The SMILES string of the molecule is CC(C)(C(=O)N1CCOc2c(C#N)cncc2C1)C1CCN(c2ncc(F)cn2)C1. The smallest absolute Gasteiger partial charge is 0.228 e. The largest absolute Gasteiger partial charge is 0.490 e. The fourth-order valence-corrected chi connectivity index (χ4v) is 4.15. The molecule has 8 nitrogen and oxygen atoms in total. The number of amides is 1. The predicted molar refractivity (Wildman–Crippen MR) is 106 cm³/mol. The number of nitrogens with zero attached hydrogens (tertiary/aromatic N) is 6. The molecule has 2 aliphatic heterocycles. The molecule has 30 heavy (non-hydrogen) atoms. The van der Waals surface area contributed by atoms with Gasteiger partial charge in [-0.25, -0.2) is 14.4 Å². The second kappa shape index (κ2) is 7.86. The van der Waals surface area contributed by atoms with Crippen molar-refractivity contribution in [3.63, 3.8) is 0 Å². The first kappa shape index (κ1) is 20.0. The van der Waals surface area contributed by atoms with Crippen LogP contribution >= 0.6 is 0 Å². The molecule has 0 N–H and O–H groups in total. The zero-order valence-corrected chi connectivity index (χ0v) is 17.0. The third-order valence-electron chi connectivity index (χ3n) is 6.00. The second-order valence-corrected chi connectivity index (χ2v) is 8.22. The highest BCUT2D eigenvalue weighted by atomic mass is 19.1. The number of hydrogen-bond acceptors (Lipinski definition) is 7. The molecule has 1 atom stereocenters. The van der Waals surface area contributed by atoms with Crippen LogP contribution in [-0.4, -0.2) is 52.0 Å². The Morgan fingerprint density at radius 1 is 1.27 bits per heavy atom. The third-order valence-corrected chi connectivity index (χ3v) is 6.00. The normalized spacial score (nSPS) is 18.9. The maximum absolute atomic E-state index is 13.5. The number of rotatable bonds is 3. The Bertz CT molecular complexity index is 988. The minimum atomic E-state index is -0.612. The van der Waals surface area contributed by atoms with Crippen molar-refractivity contribution in [2.45, 2.75) is 26.8 Å². The quantitative estimate of drug-likeness (QED) is 0.765. The standard InChI is InChI=1S/C21H23FN6O2/c1-21(2,16-3-4-28(13-16)20-25-10-17(22)11-26-20)19(29)27-5-6-30-18-14(7-23)8-24-9-15(18)12-27/h8-11,16H,3-6,12-13H2,1-2H3. The number of fused-ring (bicyclic) bond motifs is 1. The lowest BCUT2D eigenvalue weighted by Crippen LogP contribution is -2.46. The average molecular weight is 410 g/mol. The van der Waals surface area contributed by atoms with Crippen LogP contribution in [-0.2, 0) is 11.3 Å².